The summed E-state index contributed by atoms with van der Waals surface area (Å²) in [6.07, 6.45) is 9.47. The van der Waals surface area contributed by atoms with Crippen LogP contribution < -0.4 is 11.5 Å². The second-order valence-electron chi connectivity index (χ2n) is 12.4. The Kier molecular flexibility index (Phi) is 6.90. The smallest absolute Gasteiger partial charge is 0.163 e. The van der Waals surface area contributed by atoms with Crippen LogP contribution in [0.4, 0.5) is 11.4 Å². The molecule has 2 atom stereocenters. The van der Waals surface area contributed by atoms with Crippen molar-refractivity contribution in [2.24, 2.45) is 0 Å². The summed E-state index contributed by atoms with van der Waals surface area (Å²) in [5.41, 5.74) is 23.1. The van der Waals surface area contributed by atoms with Gasteiger partial charge in [-0.1, -0.05) is 58.8 Å². The Hall–Kier alpha value is -6.02. The fourth-order valence-corrected chi connectivity index (χ4v) is 6.92. The Labute approximate surface area is 271 Å². The van der Waals surface area contributed by atoms with Crippen LogP contribution in [0.3, 0.4) is 0 Å². The van der Waals surface area contributed by atoms with Crippen LogP contribution >= 0.6 is 0 Å². The third-order valence-corrected chi connectivity index (χ3v) is 9.37. The van der Waals surface area contributed by atoms with Gasteiger partial charge in [-0.3, -0.25) is 0 Å². The van der Waals surface area contributed by atoms with E-state index in [0.29, 0.717) is 42.2 Å². The normalized spacial score (nSPS) is 17.0. The molecule has 232 valence electrons. The van der Waals surface area contributed by atoms with Gasteiger partial charge in [-0.15, -0.1) is 0 Å². The quantitative estimate of drug-likeness (QED) is 0.137. The van der Waals surface area contributed by atoms with Gasteiger partial charge in [0.2, 0.25) is 0 Å². The predicted octanol–water partition coefficient (Wildman–Crippen LogP) is 7.98. The number of benzene rings is 4. The molecule has 6 aromatic rings. The van der Waals surface area contributed by atoms with Crippen LogP contribution in [-0.2, 0) is 6.42 Å². The molecule has 0 amide bonds. The van der Waals surface area contributed by atoms with Gasteiger partial charge >= 0.3 is 0 Å². The molecule has 8 nitrogen and oxygen atoms in total. The second kappa shape index (κ2) is 11.4. The van der Waals surface area contributed by atoms with E-state index in [0.717, 1.165) is 55.7 Å². The van der Waals surface area contributed by atoms with Gasteiger partial charge in [-0.05, 0) is 101 Å². The number of aromatic hydroxyl groups is 2. The van der Waals surface area contributed by atoms with Crippen molar-refractivity contribution in [3.8, 4) is 11.5 Å². The lowest BCUT2D eigenvalue weighted by atomic mass is 9.79. The summed E-state index contributed by atoms with van der Waals surface area (Å²) in [6.45, 7) is 0. The molecule has 0 saturated carbocycles. The molecule has 0 saturated heterocycles. The van der Waals surface area contributed by atoms with Crippen molar-refractivity contribution < 1.29 is 19.3 Å². The SMILES string of the molecule is Nc1ccc(C2=Cc3oncc3C(c3cc(Cc4ccc(O)c(C5CC(c6ccc(N)cc6)=Cc6oncc65)c4)ccc3O)C2)cc1. The van der Waals surface area contributed by atoms with Gasteiger partial charge in [0.1, 0.15) is 11.5 Å². The Bertz CT molecular complexity index is 2020. The second-order valence-corrected chi connectivity index (χ2v) is 12.4. The molecule has 47 heavy (non-hydrogen) atoms. The maximum absolute atomic E-state index is 11.1. The summed E-state index contributed by atoms with van der Waals surface area (Å²) in [4.78, 5) is 0. The van der Waals surface area contributed by atoms with Crippen molar-refractivity contribution in [2.45, 2.75) is 31.1 Å². The van der Waals surface area contributed by atoms with Crippen molar-refractivity contribution in [3.05, 3.63) is 153 Å². The number of anilines is 2. The lowest BCUT2D eigenvalue weighted by Crippen LogP contribution is -2.09. The first-order chi connectivity index (χ1) is 22.9. The average molecular weight is 621 g/mol. The number of hydrogen-bond acceptors (Lipinski definition) is 8. The summed E-state index contributed by atoms with van der Waals surface area (Å²) in [5.74, 6) is 1.54. The largest absolute Gasteiger partial charge is 0.508 e. The Balaban J connectivity index is 1.10. The zero-order valence-electron chi connectivity index (χ0n) is 25.4. The number of aromatic nitrogens is 2. The highest BCUT2D eigenvalue weighted by Gasteiger charge is 2.30. The number of allylic oxidation sites excluding steroid dienone is 2. The van der Waals surface area contributed by atoms with Crippen molar-refractivity contribution in [1.29, 1.82) is 0 Å². The maximum Gasteiger partial charge on any atom is 0.163 e. The number of rotatable bonds is 6. The predicted molar refractivity (Wildman–Crippen MR) is 182 cm³/mol. The Morgan fingerprint density at radius 3 is 1.43 bits per heavy atom. The standard InChI is InChI=1S/C39H32N4O4/c40-28-7-3-24(4-8-28)26-16-30(34-20-42-46-38(34)18-26)32-14-22(1-11-36(32)44)13-23-2-12-37(45)33(15-23)31-17-27(19-39-35(31)21-43-47-39)25-5-9-29(41)10-6-25/h1-12,14-15,18-21,30-31,44-45H,13,16-17,40-41H2. The van der Waals surface area contributed by atoms with E-state index in [9.17, 15) is 10.2 Å². The lowest BCUT2D eigenvalue weighted by molar-refractivity contribution is 0.410. The molecule has 2 aliphatic rings. The first-order valence-electron chi connectivity index (χ1n) is 15.6. The van der Waals surface area contributed by atoms with E-state index in [-0.39, 0.29) is 23.3 Å². The van der Waals surface area contributed by atoms with E-state index in [1.165, 1.54) is 0 Å². The Morgan fingerprint density at radius 1 is 0.574 bits per heavy atom. The molecule has 0 fully saturated rings. The number of phenols is 2. The number of nitrogens with zero attached hydrogens (tertiary/aromatic N) is 2. The van der Waals surface area contributed by atoms with Gasteiger partial charge in [0.25, 0.3) is 0 Å². The third kappa shape index (κ3) is 5.33. The van der Waals surface area contributed by atoms with Crippen molar-refractivity contribution in [1.82, 2.24) is 10.3 Å². The van der Waals surface area contributed by atoms with Crippen molar-refractivity contribution in [3.63, 3.8) is 0 Å². The van der Waals surface area contributed by atoms with Crippen LogP contribution in [0.1, 0.15) is 80.7 Å². The molecule has 2 unspecified atom stereocenters. The summed E-state index contributed by atoms with van der Waals surface area (Å²) in [6, 6.07) is 27.1. The van der Waals surface area contributed by atoms with Gasteiger partial charge in [0, 0.05) is 45.5 Å². The third-order valence-electron chi connectivity index (χ3n) is 9.37. The molecule has 2 heterocycles. The van der Waals surface area contributed by atoms with Crippen molar-refractivity contribution in [2.75, 3.05) is 11.5 Å². The fourth-order valence-electron chi connectivity index (χ4n) is 6.92. The molecule has 0 radical (unpaired) electrons. The minimum absolute atomic E-state index is 0.142. The van der Waals surface area contributed by atoms with E-state index < -0.39 is 0 Å². The van der Waals surface area contributed by atoms with Crippen LogP contribution in [0.25, 0.3) is 23.3 Å². The van der Waals surface area contributed by atoms with Gasteiger partial charge in [0.05, 0.1) is 12.4 Å². The molecule has 0 aliphatic heterocycles. The van der Waals surface area contributed by atoms with Crippen LogP contribution in [-0.4, -0.2) is 20.5 Å². The fraction of sp³-hybridized carbons (Fsp3) is 0.128. The molecule has 6 N–H and O–H groups in total. The number of nitrogens with two attached hydrogens (primary N) is 2. The highest BCUT2D eigenvalue weighted by atomic mass is 16.5. The zero-order valence-corrected chi connectivity index (χ0v) is 25.4. The first kappa shape index (κ1) is 28.5. The molecule has 0 spiro atoms. The van der Waals surface area contributed by atoms with E-state index in [2.05, 4.69) is 22.4 Å². The molecular formula is C39H32N4O4. The minimum Gasteiger partial charge on any atom is -0.508 e. The number of nitrogen functional groups attached to an aromatic ring is 2. The van der Waals surface area contributed by atoms with E-state index in [1.54, 1.807) is 24.5 Å². The molecule has 2 aliphatic carbocycles. The molecule has 2 aromatic heterocycles. The molecule has 8 rings (SSSR count). The number of fused-ring (bicyclic) bond motifs is 2. The van der Waals surface area contributed by atoms with Gasteiger partial charge in [-0.2, -0.15) is 0 Å². The summed E-state index contributed by atoms with van der Waals surface area (Å²) >= 11 is 0. The minimum atomic E-state index is -0.142. The Morgan fingerprint density at radius 2 is 1.00 bits per heavy atom. The molecule has 4 aromatic carbocycles. The van der Waals surface area contributed by atoms with Crippen LogP contribution in [0.5, 0.6) is 11.5 Å². The summed E-state index contributed by atoms with van der Waals surface area (Å²) < 4.78 is 11.2. The monoisotopic (exact) mass is 620 g/mol. The maximum atomic E-state index is 11.1. The number of hydrogen-bond donors (Lipinski definition) is 4. The topological polar surface area (TPSA) is 145 Å². The molecule has 0 bridgehead atoms. The zero-order chi connectivity index (χ0) is 32.1. The lowest BCUT2D eigenvalue weighted by Gasteiger charge is -2.25. The van der Waals surface area contributed by atoms with E-state index in [1.807, 2.05) is 72.8 Å². The van der Waals surface area contributed by atoms with Gasteiger partial charge in [0.15, 0.2) is 11.5 Å². The van der Waals surface area contributed by atoms with Gasteiger partial charge in [-0.25, -0.2) is 0 Å². The average Bonchev–Trinajstić information content (AvgIpc) is 3.76. The highest BCUT2D eigenvalue weighted by Crippen LogP contribution is 2.46. The summed E-state index contributed by atoms with van der Waals surface area (Å²) in [7, 11) is 0. The summed E-state index contributed by atoms with van der Waals surface area (Å²) in [5, 5.41) is 30.4. The van der Waals surface area contributed by atoms with E-state index >= 15 is 0 Å². The van der Waals surface area contributed by atoms with Gasteiger partial charge < -0.3 is 30.7 Å². The van der Waals surface area contributed by atoms with Crippen LogP contribution in [0.15, 0.2) is 106 Å². The van der Waals surface area contributed by atoms with Crippen molar-refractivity contribution >= 4 is 34.7 Å². The molecule has 8 heteroatoms. The van der Waals surface area contributed by atoms with Crippen LogP contribution in [0.2, 0.25) is 0 Å². The van der Waals surface area contributed by atoms with E-state index in [4.69, 9.17) is 20.5 Å². The number of phenolic OH excluding ortho intramolecular Hbond substituents is 2. The first-order valence-corrected chi connectivity index (χ1v) is 15.6. The molecular weight excluding hydrogens is 588 g/mol. The van der Waals surface area contributed by atoms with Crippen LogP contribution in [0, 0.1) is 0 Å². The highest BCUT2D eigenvalue weighted by molar-refractivity contribution is 5.85.